The van der Waals surface area contributed by atoms with Crippen LogP contribution in [0, 0.1) is 10.1 Å². The number of rotatable bonds is 8. The van der Waals surface area contributed by atoms with E-state index in [0.717, 1.165) is 11.0 Å². The minimum atomic E-state index is -0.981. The lowest BCUT2D eigenvalue weighted by Gasteiger charge is -2.13. The fourth-order valence-corrected chi connectivity index (χ4v) is 2.91. The van der Waals surface area contributed by atoms with Crippen molar-refractivity contribution in [1.29, 1.82) is 0 Å². The zero-order chi connectivity index (χ0) is 22.5. The number of anilines is 1. The van der Waals surface area contributed by atoms with Crippen molar-refractivity contribution < 1.29 is 33.6 Å². The molecule has 0 fully saturated rings. The largest absolute Gasteiger partial charge is 0.494 e. The molecule has 3 amide bonds. The molecule has 11 heteroatoms. The first-order chi connectivity index (χ1) is 14.8. The molecule has 0 atom stereocenters. The van der Waals surface area contributed by atoms with Crippen molar-refractivity contribution in [2.75, 3.05) is 25.1 Å². The van der Waals surface area contributed by atoms with E-state index >= 15 is 0 Å². The van der Waals surface area contributed by atoms with Crippen LogP contribution in [0.25, 0.3) is 0 Å². The van der Waals surface area contributed by atoms with E-state index < -0.39 is 47.5 Å². The van der Waals surface area contributed by atoms with E-state index in [0.29, 0.717) is 6.61 Å². The van der Waals surface area contributed by atoms with Crippen LogP contribution in [-0.4, -0.2) is 53.3 Å². The molecule has 11 nitrogen and oxygen atoms in total. The topological polar surface area (TPSA) is 145 Å². The molecular weight excluding hydrogens is 410 g/mol. The standard InChI is InChI=1S/C20H17N3O8/c1-2-30-12-7-8-15(16(9-12)23(28)29)21-17(24)11-31-18(25)10-22-19(26)13-5-3-4-6-14(13)20(22)27/h3-9H,2,10-11H2,1H3,(H,21,24). The monoisotopic (exact) mass is 427 g/mol. The van der Waals surface area contributed by atoms with E-state index in [1.165, 1.54) is 24.3 Å². The van der Waals surface area contributed by atoms with E-state index in [9.17, 15) is 29.3 Å². The normalized spacial score (nSPS) is 12.4. The first-order valence-electron chi connectivity index (χ1n) is 9.13. The molecule has 1 aliphatic rings. The van der Waals surface area contributed by atoms with Crippen molar-refractivity contribution in [2.24, 2.45) is 0 Å². The molecule has 3 rings (SSSR count). The summed E-state index contributed by atoms with van der Waals surface area (Å²) >= 11 is 0. The van der Waals surface area contributed by atoms with Gasteiger partial charge in [0.1, 0.15) is 18.0 Å². The number of nitrogens with zero attached hydrogens (tertiary/aromatic N) is 2. The number of nitrogens with one attached hydrogen (secondary N) is 1. The summed E-state index contributed by atoms with van der Waals surface area (Å²) < 4.78 is 10.00. The number of hydrogen-bond donors (Lipinski definition) is 1. The van der Waals surface area contributed by atoms with Gasteiger partial charge in [0, 0.05) is 0 Å². The van der Waals surface area contributed by atoms with Crippen LogP contribution in [0.2, 0.25) is 0 Å². The van der Waals surface area contributed by atoms with Crippen LogP contribution in [0.4, 0.5) is 11.4 Å². The maximum absolute atomic E-state index is 12.2. The van der Waals surface area contributed by atoms with Crippen LogP contribution in [-0.2, 0) is 14.3 Å². The van der Waals surface area contributed by atoms with Crippen molar-refractivity contribution in [3.8, 4) is 5.75 Å². The van der Waals surface area contributed by atoms with Gasteiger partial charge in [-0.2, -0.15) is 0 Å². The van der Waals surface area contributed by atoms with Gasteiger partial charge in [-0.3, -0.25) is 34.2 Å². The summed E-state index contributed by atoms with van der Waals surface area (Å²) in [5.74, 6) is -2.81. The Morgan fingerprint density at radius 3 is 2.32 bits per heavy atom. The predicted octanol–water partition coefficient (Wildman–Crippen LogP) is 1.77. The highest BCUT2D eigenvalue weighted by Crippen LogP contribution is 2.29. The number of ether oxygens (including phenoxy) is 2. The molecule has 1 N–H and O–H groups in total. The van der Waals surface area contributed by atoms with E-state index in [-0.39, 0.29) is 22.6 Å². The van der Waals surface area contributed by atoms with Crippen LogP contribution in [0.1, 0.15) is 27.6 Å². The van der Waals surface area contributed by atoms with Crippen LogP contribution in [0.15, 0.2) is 42.5 Å². The molecule has 2 aromatic rings. The summed E-state index contributed by atoms with van der Waals surface area (Å²) in [6.45, 7) is 0.610. The molecule has 0 saturated carbocycles. The summed E-state index contributed by atoms with van der Waals surface area (Å²) in [6, 6.07) is 10.0. The van der Waals surface area contributed by atoms with Crippen molar-refractivity contribution in [3.63, 3.8) is 0 Å². The Kier molecular flexibility index (Phi) is 6.24. The molecule has 0 saturated heterocycles. The second kappa shape index (κ2) is 9.03. The average Bonchev–Trinajstić information content (AvgIpc) is 2.98. The van der Waals surface area contributed by atoms with Crippen LogP contribution in [0.3, 0.4) is 0 Å². The number of carbonyl (C=O) groups excluding carboxylic acids is 4. The Balaban J connectivity index is 1.57. The van der Waals surface area contributed by atoms with Crippen molar-refractivity contribution >= 4 is 35.1 Å². The molecule has 0 unspecified atom stereocenters. The Hall–Kier alpha value is -4.28. The van der Waals surface area contributed by atoms with Gasteiger partial charge in [0.25, 0.3) is 23.4 Å². The van der Waals surface area contributed by atoms with Crippen molar-refractivity contribution in [1.82, 2.24) is 4.90 Å². The number of nitro groups is 1. The van der Waals surface area contributed by atoms with E-state index in [1.54, 1.807) is 19.1 Å². The number of amides is 3. The van der Waals surface area contributed by atoms with Gasteiger partial charge >= 0.3 is 5.97 Å². The van der Waals surface area contributed by atoms with Crippen molar-refractivity contribution in [3.05, 3.63) is 63.7 Å². The highest BCUT2D eigenvalue weighted by atomic mass is 16.6. The van der Waals surface area contributed by atoms with E-state index in [4.69, 9.17) is 9.47 Å². The zero-order valence-electron chi connectivity index (χ0n) is 16.3. The van der Waals surface area contributed by atoms with Gasteiger partial charge in [0.15, 0.2) is 6.61 Å². The third kappa shape index (κ3) is 4.66. The first-order valence-corrected chi connectivity index (χ1v) is 9.13. The molecule has 0 spiro atoms. The minimum absolute atomic E-state index is 0.102. The highest BCUT2D eigenvalue weighted by molar-refractivity contribution is 6.22. The number of carbonyl (C=O) groups is 4. The lowest BCUT2D eigenvalue weighted by atomic mass is 10.1. The summed E-state index contributed by atoms with van der Waals surface area (Å²) in [7, 11) is 0. The van der Waals surface area contributed by atoms with Gasteiger partial charge in [-0.1, -0.05) is 12.1 Å². The van der Waals surface area contributed by atoms with Gasteiger partial charge in [0.05, 0.1) is 28.7 Å². The molecule has 0 bridgehead atoms. The summed E-state index contributed by atoms with van der Waals surface area (Å²) in [5.41, 5.74) is -0.131. The lowest BCUT2D eigenvalue weighted by Crippen LogP contribution is -2.36. The maximum Gasteiger partial charge on any atom is 0.326 e. The molecule has 1 aliphatic heterocycles. The third-order valence-corrected chi connectivity index (χ3v) is 4.28. The van der Waals surface area contributed by atoms with Crippen LogP contribution >= 0.6 is 0 Å². The molecule has 1 heterocycles. The number of esters is 1. The fourth-order valence-electron chi connectivity index (χ4n) is 2.91. The summed E-state index contributed by atoms with van der Waals surface area (Å²) in [6.07, 6.45) is 0. The van der Waals surface area contributed by atoms with Crippen LogP contribution in [0.5, 0.6) is 5.75 Å². The van der Waals surface area contributed by atoms with Crippen LogP contribution < -0.4 is 10.1 Å². The SMILES string of the molecule is CCOc1ccc(NC(=O)COC(=O)CN2C(=O)c3ccccc3C2=O)c([N+](=O)[O-])c1. The summed E-state index contributed by atoms with van der Waals surface area (Å²) in [4.78, 5) is 59.8. The second-order valence-corrected chi connectivity index (χ2v) is 6.32. The highest BCUT2D eigenvalue weighted by Gasteiger charge is 2.36. The maximum atomic E-state index is 12.2. The molecule has 31 heavy (non-hydrogen) atoms. The Morgan fingerprint density at radius 2 is 1.74 bits per heavy atom. The molecule has 160 valence electrons. The molecular formula is C20H17N3O8. The second-order valence-electron chi connectivity index (χ2n) is 6.32. The van der Waals surface area contributed by atoms with Crippen molar-refractivity contribution in [2.45, 2.75) is 6.92 Å². The van der Waals surface area contributed by atoms with Gasteiger partial charge < -0.3 is 14.8 Å². The number of benzene rings is 2. The third-order valence-electron chi connectivity index (χ3n) is 4.28. The quantitative estimate of drug-likeness (QED) is 0.290. The summed E-state index contributed by atoms with van der Waals surface area (Å²) in [5, 5.41) is 13.5. The van der Waals surface area contributed by atoms with E-state index in [1.807, 2.05) is 0 Å². The fraction of sp³-hybridized carbons (Fsp3) is 0.200. The minimum Gasteiger partial charge on any atom is -0.494 e. The number of nitro benzene ring substituents is 1. The van der Waals surface area contributed by atoms with E-state index in [2.05, 4.69) is 5.32 Å². The molecule has 2 aromatic carbocycles. The zero-order valence-corrected chi connectivity index (χ0v) is 16.3. The smallest absolute Gasteiger partial charge is 0.326 e. The lowest BCUT2D eigenvalue weighted by molar-refractivity contribution is -0.384. The molecule has 0 aliphatic carbocycles. The predicted molar refractivity (Wildman–Crippen MR) is 106 cm³/mol. The van der Waals surface area contributed by atoms with Gasteiger partial charge in [-0.05, 0) is 31.2 Å². The Morgan fingerprint density at radius 1 is 1.10 bits per heavy atom. The first kappa shape index (κ1) is 21.4. The number of imide groups is 1. The average molecular weight is 427 g/mol. The Bertz CT molecular complexity index is 1050. The Labute approximate surface area is 175 Å². The van der Waals surface area contributed by atoms with Gasteiger partial charge in [-0.25, -0.2) is 0 Å². The molecule has 0 radical (unpaired) electrons. The van der Waals surface area contributed by atoms with Gasteiger partial charge in [0.2, 0.25) is 0 Å². The number of hydrogen-bond acceptors (Lipinski definition) is 8. The number of fused-ring (bicyclic) bond motifs is 1. The molecule has 0 aromatic heterocycles. The van der Waals surface area contributed by atoms with Gasteiger partial charge in [-0.15, -0.1) is 0 Å².